The predicted octanol–water partition coefficient (Wildman–Crippen LogP) is 5.02. The number of rotatable bonds is 7. The van der Waals surface area contributed by atoms with E-state index in [4.69, 9.17) is 32.7 Å². The third-order valence-corrected chi connectivity index (χ3v) is 5.42. The number of hydrogen-bond donors (Lipinski definition) is 1. The number of halogens is 2. The van der Waals surface area contributed by atoms with Crippen LogP contribution in [0.3, 0.4) is 0 Å². The summed E-state index contributed by atoms with van der Waals surface area (Å²) < 4.78 is 10.6. The Kier molecular flexibility index (Phi) is 7.40. The fraction of sp³-hybridized carbons (Fsp3) is 0.304. The summed E-state index contributed by atoms with van der Waals surface area (Å²) in [6.07, 6.45) is 4.43. The van der Waals surface area contributed by atoms with Crippen molar-refractivity contribution in [1.82, 2.24) is 5.32 Å². The van der Waals surface area contributed by atoms with Crippen LogP contribution in [-0.2, 0) is 9.53 Å². The molecule has 2 aromatic carbocycles. The first-order valence-electron chi connectivity index (χ1n) is 9.67. The summed E-state index contributed by atoms with van der Waals surface area (Å²) in [5.41, 5.74) is 1.20. The van der Waals surface area contributed by atoms with Gasteiger partial charge in [-0.15, -0.1) is 0 Å². The third-order valence-electron chi connectivity index (χ3n) is 4.98. The molecular formula is C23H23Cl2NO4. The number of carbonyl (C=O) groups is 2. The highest BCUT2D eigenvalue weighted by atomic mass is 35.5. The first-order valence-corrected chi connectivity index (χ1v) is 10.4. The Balaban J connectivity index is 1.75. The van der Waals surface area contributed by atoms with Crippen molar-refractivity contribution in [1.29, 1.82) is 0 Å². The number of benzene rings is 2. The largest absolute Gasteiger partial charge is 0.497 e. The number of nitrogens with one attached hydrogen (secondary N) is 1. The van der Waals surface area contributed by atoms with Crippen LogP contribution in [0.15, 0.2) is 54.6 Å². The zero-order chi connectivity index (χ0) is 21.7. The summed E-state index contributed by atoms with van der Waals surface area (Å²) in [7, 11) is 1.58. The maximum absolute atomic E-state index is 12.7. The van der Waals surface area contributed by atoms with Gasteiger partial charge in [0.05, 0.1) is 19.6 Å². The third kappa shape index (κ3) is 5.35. The van der Waals surface area contributed by atoms with Crippen molar-refractivity contribution >= 4 is 35.1 Å². The van der Waals surface area contributed by atoms with Gasteiger partial charge in [-0.25, -0.2) is 0 Å². The van der Waals surface area contributed by atoms with Crippen molar-refractivity contribution in [3.63, 3.8) is 0 Å². The Bertz CT molecular complexity index is 940. The summed E-state index contributed by atoms with van der Waals surface area (Å²) in [5, 5.41) is 3.75. The maximum atomic E-state index is 12.7. The Morgan fingerprint density at radius 1 is 1.13 bits per heavy atom. The van der Waals surface area contributed by atoms with Crippen LogP contribution in [0.5, 0.6) is 5.75 Å². The molecule has 0 heterocycles. The van der Waals surface area contributed by atoms with Crippen molar-refractivity contribution in [2.45, 2.75) is 25.3 Å². The number of methoxy groups -OCH3 is 1. The van der Waals surface area contributed by atoms with Crippen LogP contribution in [0.2, 0.25) is 10.0 Å². The van der Waals surface area contributed by atoms with Crippen molar-refractivity contribution < 1.29 is 19.1 Å². The quantitative estimate of drug-likeness (QED) is 0.477. The summed E-state index contributed by atoms with van der Waals surface area (Å²) in [4.78, 5) is 25.3. The molecule has 0 saturated heterocycles. The highest BCUT2D eigenvalue weighted by Crippen LogP contribution is 2.36. The fourth-order valence-corrected chi connectivity index (χ4v) is 4.17. The molecule has 1 N–H and O–H groups in total. The van der Waals surface area contributed by atoms with Crippen LogP contribution in [0, 0.1) is 5.92 Å². The molecule has 0 aliphatic heterocycles. The number of amides is 1. The highest BCUT2D eigenvalue weighted by Gasteiger charge is 2.34. The lowest BCUT2D eigenvalue weighted by Gasteiger charge is -2.23. The van der Waals surface area contributed by atoms with E-state index in [0.29, 0.717) is 34.4 Å². The van der Waals surface area contributed by atoms with Crippen LogP contribution in [-0.4, -0.2) is 31.6 Å². The van der Waals surface area contributed by atoms with E-state index in [1.54, 1.807) is 32.2 Å². The molecule has 0 saturated carbocycles. The topological polar surface area (TPSA) is 64.6 Å². The van der Waals surface area contributed by atoms with Crippen LogP contribution >= 0.6 is 23.2 Å². The van der Waals surface area contributed by atoms with Crippen LogP contribution in [0.25, 0.3) is 0 Å². The minimum Gasteiger partial charge on any atom is -0.497 e. The number of carbonyl (C=O) groups excluding carboxylic acids is 2. The molecule has 0 spiro atoms. The molecular weight excluding hydrogens is 425 g/mol. The summed E-state index contributed by atoms with van der Waals surface area (Å²) in [6.45, 7) is 2.08. The van der Waals surface area contributed by atoms with Gasteiger partial charge in [0.25, 0.3) is 5.91 Å². The molecule has 1 amide bonds. The van der Waals surface area contributed by atoms with Gasteiger partial charge < -0.3 is 14.8 Å². The number of esters is 1. The lowest BCUT2D eigenvalue weighted by atomic mass is 9.85. The first-order chi connectivity index (χ1) is 14.4. The van der Waals surface area contributed by atoms with Gasteiger partial charge in [-0.1, -0.05) is 47.5 Å². The predicted molar refractivity (Wildman–Crippen MR) is 117 cm³/mol. The van der Waals surface area contributed by atoms with Gasteiger partial charge in [0.2, 0.25) is 0 Å². The normalized spacial score (nSPS) is 18.7. The summed E-state index contributed by atoms with van der Waals surface area (Å²) in [5.74, 6) is -0.507. The van der Waals surface area contributed by atoms with E-state index in [9.17, 15) is 9.59 Å². The van der Waals surface area contributed by atoms with Gasteiger partial charge >= 0.3 is 5.97 Å². The van der Waals surface area contributed by atoms with E-state index >= 15 is 0 Å². The molecule has 3 rings (SSSR count). The van der Waals surface area contributed by atoms with E-state index in [1.807, 2.05) is 36.4 Å². The molecule has 30 heavy (non-hydrogen) atoms. The Hall–Kier alpha value is -2.50. The smallest absolute Gasteiger partial charge is 0.314 e. The molecule has 0 bridgehead atoms. The maximum Gasteiger partial charge on any atom is 0.314 e. The van der Waals surface area contributed by atoms with Gasteiger partial charge in [-0.05, 0) is 55.2 Å². The van der Waals surface area contributed by atoms with E-state index < -0.39 is 5.92 Å². The molecule has 3 atom stereocenters. The van der Waals surface area contributed by atoms with Crippen LogP contribution < -0.4 is 10.1 Å². The molecule has 0 aromatic heterocycles. The first kappa shape index (κ1) is 22.2. The van der Waals surface area contributed by atoms with Crippen molar-refractivity contribution in [3.05, 3.63) is 75.8 Å². The Morgan fingerprint density at radius 2 is 1.87 bits per heavy atom. The Morgan fingerprint density at radius 3 is 2.53 bits per heavy atom. The molecule has 7 heteroatoms. The van der Waals surface area contributed by atoms with Crippen LogP contribution in [0.1, 0.15) is 35.2 Å². The SMILES string of the molecule is CCOC(=O)[C@H](c1cccc(OC)c1)[C@H]1C=C[C@@H](NC(=O)c2cc(Cl)cc(Cl)c2)C1. The average molecular weight is 448 g/mol. The lowest BCUT2D eigenvalue weighted by Crippen LogP contribution is -2.33. The Labute approximate surface area is 186 Å². The van der Waals surface area contributed by atoms with E-state index in [-0.39, 0.29) is 23.8 Å². The van der Waals surface area contributed by atoms with Gasteiger partial charge in [-0.2, -0.15) is 0 Å². The molecule has 2 aromatic rings. The molecule has 0 radical (unpaired) electrons. The zero-order valence-electron chi connectivity index (χ0n) is 16.7. The minimum atomic E-state index is -0.487. The second kappa shape index (κ2) is 10.0. The standard InChI is InChI=1S/C23H23Cl2NO4/c1-3-30-23(28)21(14-5-4-6-20(12-14)29-2)15-7-8-19(11-15)26-22(27)16-9-17(24)13-18(25)10-16/h4-10,12-13,15,19,21H,3,11H2,1-2H3,(H,26,27)/t15-,19+,21+/m0/s1. The van der Waals surface area contributed by atoms with Gasteiger partial charge in [0, 0.05) is 21.7 Å². The average Bonchev–Trinajstić information content (AvgIpc) is 3.15. The van der Waals surface area contributed by atoms with Crippen molar-refractivity contribution in [2.75, 3.05) is 13.7 Å². The number of ether oxygens (including phenoxy) is 2. The van der Waals surface area contributed by atoms with Crippen LogP contribution in [0.4, 0.5) is 0 Å². The molecule has 158 valence electrons. The van der Waals surface area contributed by atoms with Crippen molar-refractivity contribution in [3.8, 4) is 5.75 Å². The molecule has 1 aliphatic carbocycles. The minimum absolute atomic E-state index is 0.121. The van der Waals surface area contributed by atoms with Gasteiger partial charge in [0.1, 0.15) is 5.75 Å². The highest BCUT2D eigenvalue weighted by molar-refractivity contribution is 6.35. The summed E-state index contributed by atoms with van der Waals surface area (Å²) >= 11 is 12.0. The molecule has 1 aliphatic rings. The number of hydrogen-bond acceptors (Lipinski definition) is 4. The second-order valence-electron chi connectivity index (χ2n) is 7.03. The zero-order valence-corrected chi connectivity index (χ0v) is 18.2. The molecule has 5 nitrogen and oxygen atoms in total. The van der Waals surface area contributed by atoms with Gasteiger partial charge in [-0.3, -0.25) is 9.59 Å². The van der Waals surface area contributed by atoms with Gasteiger partial charge in [0.15, 0.2) is 0 Å². The molecule has 0 unspecified atom stereocenters. The monoisotopic (exact) mass is 447 g/mol. The molecule has 0 fully saturated rings. The van der Waals surface area contributed by atoms with E-state index in [0.717, 1.165) is 5.56 Å². The van der Waals surface area contributed by atoms with E-state index in [2.05, 4.69) is 5.32 Å². The summed E-state index contributed by atoms with van der Waals surface area (Å²) in [6, 6.07) is 11.9. The van der Waals surface area contributed by atoms with Crippen molar-refractivity contribution in [2.24, 2.45) is 5.92 Å². The number of allylic oxidation sites excluding steroid dienone is 1. The van der Waals surface area contributed by atoms with E-state index in [1.165, 1.54) is 0 Å². The second-order valence-corrected chi connectivity index (χ2v) is 7.90. The fourth-order valence-electron chi connectivity index (χ4n) is 3.64. The lowest BCUT2D eigenvalue weighted by molar-refractivity contribution is -0.146.